The third-order valence-corrected chi connectivity index (χ3v) is 5.12. The molecule has 0 saturated heterocycles. The Kier molecular flexibility index (Phi) is 9.00. The molecule has 0 spiro atoms. The van der Waals surface area contributed by atoms with Crippen molar-refractivity contribution in [3.05, 3.63) is 74.8 Å². The van der Waals surface area contributed by atoms with E-state index >= 15 is 0 Å². The Labute approximate surface area is 187 Å². The highest BCUT2D eigenvalue weighted by molar-refractivity contribution is 6.30. The largest absolute Gasteiger partial charge is 0.354 e. The van der Waals surface area contributed by atoms with Gasteiger partial charge in [-0.1, -0.05) is 62.7 Å². The number of nitrogens with zero attached hydrogens (tertiary/aromatic N) is 2. The third-order valence-electron chi connectivity index (χ3n) is 4.87. The second-order valence-electron chi connectivity index (χ2n) is 7.77. The fourth-order valence-electron chi connectivity index (χ4n) is 3.23. The smallest absolute Gasteiger partial charge is 0.273 e. The predicted molar refractivity (Wildman–Crippen MR) is 121 cm³/mol. The highest BCUT2D eigenvalue weighted by Crippen LogP contribution is 2.21. The molecule has 2 amide bonds. The second kappa shape index (κ2) is 11.5. The summed E-state index contributed by atoms with van der Waals surface area (Å²) >= 11 is 5.97. The number of hydrogen-bond donors (Lipinski definition) is 1. The Morgan fingerprint density at radius 3 is 2.35 bits per heavy atom. The molecule has 8 heteroatoms. The number of halogens is 1. The molecule has 0 saturated carbocycles. The highest BCUT2D eigenvalue weighted by atomic mass is 35.5. The van der Waals surface area contributed by atoms with E-state index in [1.165, 1.54) is 11.0 Å². The van der Waals surface area contributed by atoms with Gasteiger partial charge in [-0.05, 0) is 30.0 Å². The van der Waals surface area contributed by atoms with Gasteiger partial charge >= 0.3 is 0 Å². The molecule has 0 fully saturated rings. The molecule has 0 heterocycles. The maximum atomic E-state index is 13.3. The summed E-state index contributed by atoms with van der Waals surface area (Å²) in [4.78, 5) is 38.5. The Hall–Kier alpha value is -2.93. The van der Waals surface area contributed by atoms with Gasteiger partial charge in [-0.2, -0.15) is 0 Å². The summed E-state index contributed by atoms with van der Waals surface area (Å²) in [6, 6.07) is 12.5. The quantitative estimate of drug-likeness (QED) is 0.434. The molecule has 1 N–H and O–H groups in total. The van der Waals surface area contributed by atoms with Crippen molar-refractivity contribution < 1.29 is 14.5 Å². The molecule has 166 valence electrons. The number of nitrogens with one attached hydrogen (secondary N) is 1. The van der Waals surface area contributed by atoms with Gasteiger partial charge in [0.2, 0.25) is 11.8 Å². The first kappa shape index (κ1) is 24.3. The number of hydrogen-bond acceptors (Lipinski definition) is 4. The van der Waals surface area contributed by atoms with Crippen LogP contribution >= 0.6 is 11.6 Å². The van der Waals surface area contributed by atoms with Crippen LogP contribution in [0.2, 0.25) is 5.02 Å². The lowest BCUT2D eigenvalue weighted by molar-refractivity contribution is -0.385. The van der Waals surface area contributed by atoms with Gasteiger partial charge in [-0.15, -0.1) is 0 Å². The summed E-state index contributed by atoms with van der Waals surface area (Å²) in [5.41, 5.74) is 1.02. The highest BCUT2D eigenvalue weighted by Gasteiger charge is 2.30. The Morgan fingerprint density at radius 1 is 1.13 bits per heavy atom. The number of amides is 2. The minimum atomic E-state index is -0.690. The van der Waals surface area contributed by atoms with E-state index in [0.717, 1.165) is 5.56 Å². The van der Waals surface area contributed by atoms with Gasteiger partial charge in [0.15, 0.2) is 0 Å². The number of para-hydroxylation sites is 1. The molecular weight excluding hydrogens is 418 g/mol. The minimum absolute atomic E-state index is 0.111. The third kappa shape index (κ3) is 7.07. The lowest BCUT2D eigenvalue weighted by atomic mass is 10.1. The van der Waals surface area contributed by atoms with E-state index in [9.17, 15) is 19.7 Å². The molecule has 1 unspecified atom stereocenters. The standard InChI is InChI=1S/C23H28ClN3O4/c1-4-20(23(29)25-14-16(2)3)26(15-17-9-11-19(24)12-10-17)22(28)13-18-7-5-6-8-21(18)27(30)31/h5-12,16,20H,4,13-15H2,1-3H3,(H,25,29). The molecule has 0 aliphatic heterocycles. The molecule has 7 nitrogen and oxygen atoms in total. The van der Waals surface area contributed by atoms with Gasteiger partial charge in [0.25, 0.3) is 5.69 Å². The second-order valence-corrected chi connectivity index (χ2v) is 8.21. The summed E-state index contributed by atoms with van der Waals surface area (Å²) in [7, 11) is 0. The summed E-state index contributed by atoms with van der Waals surface area (Å²) < 4.78 is 0. The molecule has 2 aromatic rings. The van der Waals surface area contributed by atoms with Crippen LogP contribution in [-0.4, -0.2) is 34.2 Å². The number of rotatable bonds is 10. The molecule has 0 aliphatic rings. The zero-order valence-electron chi connectivity index (χ0n) is 18.0. The van der Waals surface area contributed by atoms with E-state index < -0.39 is 11.0 Å². The maximum Gasteiger partial charge on any atom is 0.273 e. The van der Waals surface area contributed by atoms with Crippen LogP contribution in [0, 0.1) is 16.0 Å². The fourth-order valence-corrected chi connectivity index (χ4v) is 3.36. The molecule has 2 aromatic carbocycles. The molecule has 0 aliphatic carbocycles. The SMILES string of the molecule is CCC(C(=O)NCC(C)C)N(Cc1ccc(Cl)cc1)C(=O)Cc1ccccc1[N+](=O)[O-]. The van der Waals surface area contributed by atoms with Gasteiger partial charge in [0.05, 0.1) is 11.3 Å². The van der Waals surface area contributed by atoms with Crippen molar-refractivity contribution in [2.45, 2.75) is 46.2 Å². The summed E-state index contributed by atoms with van der Waals surface area (Å²) in [5, 5.41) is 14.8. The summed E-state index contributed by atoms with van der Waals surface area (Å²) in [6.07, 6.45) is 0.249. The van der Waals surface area contributed by atoms with E-state index in [4.69, 9.17) is 11.6 Å². The Morgan fingerprint density at radius 2 is 1.77 bits per heavy atom. The molecule has 0 radical (unpaired) electrons. The lowest BCUT2D eigenvalue weighted by Crippen LogP contribution is -2.50. The van der Waals surface area contributed by atoms with Crippen LogP contribution < -0.4 is 5.32 Å². The van der Waals surface area contributed by atoms with Crippen LogP contribution in [0.4, 0.5) is 5.69 Å². The van der Waals surface area contributed by atoms with Gasteiger partial charge in [0, 0.05) is 29.7 Å². The van der Waals surface area contributed by atoms with Crippen LogP contribution in [0.25, 0.3) is 0 Å². The molecule has 0 bridgehead atoms. The average molecular weight is 446 g/mol. The van der Waals surface area contributed by atoms with E-state index in [1.807, 2.05) is 20.8 Å². The number of carbonyl (C=O) groups is 2. The van der Waals surface area contributed by atoms with Crippen LogP contribution in [-0.2, 0) is 22.6 Å². The Bertz CT molecular complexity index is 915. The molecular formula is C23H28ClN3O4. The van der Waals surface area contributed by atoms with Crippen molar-refractivity contribution in [2.75, 3.05) is 6.54 Å². The first-order valence-electron chi connectivity index (χ1n) is 10.3. The van der Waals surface area contributed by atoms with Gasteiger partial charge in [-0.3, -0.25) is 19.7 Å². The molecule has 0 aromatic heterocycles. The van der Waals surface area contributed by atoms with Crippen LogP contribution in [0.15, 0.2) is 48.5 Å². The Balaban J connectivity index is 2.33. The predicted octanol–water partition coefficient (Wildman–Crippen LogP) is 4.37. The minimum Gasteiger partial charge on any atom is -0.354 e. The van der Waals surface area contributed by atoms with E-state index in [2.05, 4.69) is 5.32 Å². The zero-order chi connectivity index (χ0) is 23.0. The summed E-state index contributed by atoms with van der Waals surface area (Å²) in [5.74, 6) is -0.314. The van der Waals surface area contributed by atoms with Crippen molar-refractivity contribution in [2.24, 2.45) is 5.92 Å². The van der Waals surface area contributed by atoms with E-state index in [0.29, 0.717) is 23.6 Å². The van der Waals surface area contributed by atoms with Gasteiger partial charge in [0.1, 0.15) is 6.04 Å². The van der Waals surface area contributed by atoms with Crippen LogP contribution in [0.1, 0.15) is 38.3 Å². The molecule has 1 atom stereocenters. The van der Waals surface area contributed by atoms with Crippen molar-refractivity contribution in [3.63, 3.8) is 0 Å². The molecule has 2 rings (SSSR count). The van der Waals surface area contributed by atoms with E-state index in [-0.39, 0.29) is 36.4 Å². The first-order valence-corrected chi connectivity index (χ1v) is 10.6. The number of nitro groups is 1. The van der Waals surface area contributed by atoms with Crippen LogP contribution in [0.3, 0.4) is 0 Å². The van der Waals surface area contributed by atoms with E-state index in [1.54, 1.807) is 42.5 Å². The van der Waals surface area contributed by atoms with Crippen molar-refractivity contribution in [1.82, 2.24) is 10.2 Å². The van der Waals surface area contributed by atoms with Crippen molar-refractivity contribution in [1.29, 1.82) is 0 Å². The molecule has 31 heavy (non-hydrogen) atoms. The fraction of sp³-hybridized carbons (Fsp3) is 0.391. The number of benzene rings is 2. The maximum absolute atomic E-state index is 13.3. The monoisotopic (exact) mass is 445 g/mol. The topological polar surface area (TPSA) is 92.6 Å². The average Bonchev–Trinajstić information content (AvgIpc) is 2.73. The number of carbonyl (C=O) groups excluding carboxylic acids is 2. The van der Waals surface area contributed by atoms with Crippen LogP contribution in [0.5, 0.6) is 0 Å². The van der Waals surface area contributed by atoms with Crippen molar-refractivity contribution >= 4 is 29.1 Å². The summed E-state index contributed by atoms with van der Waals surface area (Å²) in [6.45, 7) is 6.53. The zero-order valence-corrected chi connectivity index (χ0v) is 18.8. The first-order chi connectivity index (χ1) is 14.7. The van der Waals surface area contributed by atoms with Gasteiger partial charge in [-0.25, -0.2) is 0 Å². The van der Waals surface area contributed by atoms with Gasteiger partial charge < -0.3 is 10.2 Å². The number of nitro benzene ring substituents is 1. The normalized spacial score (nSPS) is 11.8. The lowest BCUT2D eigenvalue weighted by Gasteiger charge is -2.31. The van der Waals surface area contributed by atoms with Crippen molar-refractivity contribution in [3.8, 4) is 0 Å².